The Kier molecular flexibility index (Phi) is 3.73. The molecule has 4 rings (SSSR count). The van der Waals surface area contributed by atoms with Gasteiger partial charge in [-0.3, -0.25) is 0 Å². The average molecular weight is 349 g/mol. The molecule has 2 N–H and O–H groups in total. The molecule has 0 unspecified atom stereocenters. The first-order chi connectivity index (χ1) is 12.6. The van der Waals surface area contributed by atoms with E-state index in [2.05, 4.69) is 0 Å². The van der Waals surface area contributed by atoms with E-state index in [0.717, 1.165) is 0 Å². The van der Waals surface area contributed by atoms with E-state index in [1.54, 1.807) is 24.3 Å². The van der Waals surface area contributed by atoms with Crippen molar-refractivity contribution in [2.24, 2.45) is 5.73 Å². The minimum atomic E-state index is -0.742. The van der Waals surface area contributed by atoms with Crippen LogP contribution >= 0.6 is 0 Å². The van der Waals surface area contributed by atoms with Crippen LogP contribution in [0.1, 0.15) is 17.0 Å². The molecule has 0 radical (unpaired) electrons. The van der Waals surface area contributed by atoms with Crippen molar-refractivity contribution >= 4 is 16.9 Å². The van der Waals surface area contributed by atoms with Gasteiger partial charge >= 0.3 is 11.6 Å². The van der Waals surface area contributed by atoms with Crippen LogP contribution in [0.25, 0.3) is 11.0 Å². The van der Waals surface area contributed by atoms with Crippen LogP contribution in [0.3, 0.4) is 0 Å². The normalized spacial score (nSPS) is 16.1. The van der Waals surface area contributed by atoms with E-state index < -0.39 is 17.5 Å². The summed E-state index contributed by atoms with van der Waals surface area (Å²) in [6.07, 6.45) is 0. The van der Waals surface area contributed by atoms with Gasteiger partial charge in [0, 0.05) is 0 Å². The fourth-order valence-corrected chi connectivity index (χ4v) is 3.25. The molecule has 0 bridgehead atoms. The number of carbonyl (C=O) groups is 1. The van der Waals surface area contributed by atoms with Crippen LogP contribution in [0, 0.1) is 0 Å². The second-order valence-electron chi connectivity index (χ2n) is 5.84. The van der Waals surface area contributed by atoms with Crippen molar-refractivity contribution in [2.75, 3.05) is 7.11 Å². The van der Waals surface area contributed by atoms with E-state index in [1.165, 1.54) is 7.11 Å². The number of carbonyl (C=O) groups excluding carboxylic acids is 1. The third-order valence-corrected chi connectivity index (χ3v) is 4.39. The number of hydrogen-bond acceptors (Lipinski definition) is 6. The lowest BCUT2D eigenvalue weighted by Gasteiger charge is -2.27. The molecular weight excluding hydrogens is 334 g/mol. The predicted molar refractivity (Wildman–Crippen MR) is 94.6 cm³/mol. The average Bonchev–Trinajstić information content (AvgIpc) is 2.67. The van der Waals surface area contributed by atoms with Crippen LogP contribution in [0.4, 0.5) is 0 Å². The molecule has 0 saturated heterocycles. The molecule has 0 fully saturated rings. The molecule has 1 aromatic heterocycles. The molecule has 1 aliphatic rings. The van der Waals surface area contributed by atoms with Crippen molar-refractivity contribution in [1.82, 2.24) is 0 Å². The SMILES string of the molecule is COC(=O)C1=C(N)Oc2c(c(=O)oc3ccccc23)[C@H]1c1ccccc1. The Balaban J connectivity index is 2.08. The largest absolute Gasteiger partial charge is 0.465 e. The van der Waals surface area contributed by atoms with Crippen molar-refractivity contribution in [2.45, 2.75) is 5.92 Å². The zero-order chi connectivity index (χ0) is 18.3. The second kappa shape index (κ2) is 6.07. The summed E-state index contributed by atoms with van der Waals surface area (Å²) in [5.41, 5.74) is 6.88. The Hall–Kier alpha value is -3.54. The van der Waals surface area contributed by atoms with E-state index >= 15 is 0 Å². The highest BCUT2D eigenvalue weighted by molar-refractivity contribution is 5.94. The second-order valence-corrected chi connectivity index (χ2v) is 5.84. The van der Waals surface area contributed by atoms with Gasteiger partial charge in [-0.25, -0.2) is 9.59 Å². The van der Waals surface area contributed by atoms with Gasteiger partial charge in [0.25, 0.3) is 0 Å². The molecule has 0 saturated carbocycles. The van der Waals surface area contributed by atoms with Gasteiger partial charge in [0.05, 0.1) is 24.0 Å². The van der Waals surface area contributed by atoms with Crippen LogP contribution in [0.2, 0.25) is 0 Å². The summed E-state index contributed by atoms with van der Waals surface area (Å²) in [6.45, 7) is 0. The minimum absolute atomic E-state index is 0.0776. The summed E-state index contributed by atoms with van der Waals surface area (Å²) >= 11 is 0. The van der Waals surface area contributed by atoms with Crippen molar-refractivity contribution < 1.29 is 18.7 Å². The fourth-order valence-electron chi connectivity index (χ4n) is 3.25. The molecule has 6 nitrogen and oxygen atoms in total. The quantitative estimate of drug-likeness (QED) is 0.565. The van der Waals surface area contributed by atoms with Gasteiger partial charge in [0.2, 0.25) is 5.88 Å². The molecule has 0 aliphatic carbocycles. The van der Waals surface area contributed by atoms with Crippen LogP contribution in [0.15, 0.2) is 75.3 Å². The molecule has 1 aliphatic heterocycles. The van der Waals surface area contributed by atoms with E-state index in [4.69, 9.17) is 19.6 Å². The highest BCUT2D eigenvalue weighted by Crippen LogP contribution is 2.43. The molecule has 1 atom stereocenters. The molecule has 2 heterocycles. The lowest BCUT2D eigenvalue weighted by molar-refractivity contribution is -0.136. The number of hydrogen-bond donors (Lipinski definition) is 1. The van der Waals surface area contributed by atoms with Crippen LogP contribution in [-0.2, 0) is 9.53 Å². The Morgan fingerprint density at radius 1 is 1.08 bits per heavy atom. The Bertz CT molecular complexity index is 1100. The molecule has 26 heavy (non-hydrogen) atoms. The van der Waals surface area contributed by atoms with Crippen LogP contribution in [0.5, 0.6) is 5.75 Å². The Morgan fingerprint density at radius 2 is 1.77 bits per heavy atom. The van der Waals surface area contributed by atoms with Crippen LogP contribution < -0.4 is 16.1 Å². The highest BCUT2D eigenvalue weighted by Gasteiger charge is 2.38. The standard InChI is InChI=1S/C20H15NO5/c1-24-19(22)16-14(11-7-3-2-4-8-11)15-17(26-18(16)21)12-9-5-6-10-13(12)25-20(15)23/h2-10,14H,21H2,1H3/t14-/m1/s1. The molecule has 0 spiro atoms. The van der Waals surface area contributed by atoms with Gasteiger partial charge in [0.1, 0.15) is 11.2 Å². The summed E-state index contributed by atoms with van der Waals surface area (Å²) in [5.74, 6) is -1.19. The minimum Gasteiger partial charge on any atom is -0.465 e. The summed E-state index contributed by atoms with van der Waals surface area (Å²) in [7, 11) is 1.25. The maximum absolute atomic E-state index is 12.8. The van der Waals surface area contributed by atoms with E-state index in [1.807, 2.05) is 30.3 Å². The summed E-state index contributed by atoms with van der Waals surface area (Å²) in [4.78, 5) is 25.1. The third-order valence-electron chi connectivity index (χ3n) is 4.39. The lowest BCUT2D eigenvalue weighted by Crippen LogP contribution is -2.30. The summed E-state index contributed by atoms with van der Waals surface area (Å²) in [6, 6.07) is 16.1. The van der Waals surface area contributed by atoms with Crippen molar-refractivity contribution in [3.63, 3.8) is 0 Å². The molecular formula is C20H15NO5. The van der Waals surface area contributed by atoms with Gasteiger partial charge in [0.15, 0.2) is 5.75 Å². The van der Waals surface area contributed by atoms with Crippen LogP contribution in [-0.4, -0.2) is 13.1 Å². The first kappa shape index (κ1) is 16.0. The zero-order valence-corrected chi connectivity index (χ0v) is 13.9. The summed E-state index contributed by atoms with van der Waals surface area (Å²) in [5, 5.41) is 0.606. The zero-order valence-electron chi connectivity index (χ0n) is 13.9. The number of benzene rings is 2. The smallest absolute Gasteiger partial charge is 0.344 e. The first-order valence-corrected chi connectivity index (χ1v) is 7.98. The molecule has 6 heteroatoms. The van der Waals surface area contributed by atoms with Gasteiger partial charge in [-0.2, -0.15) is 0 Å². The first-order valence-electron chi connectivity index (χ1n) is 7.98. The topological polar surface area (TPSA) is 91.8 Å². The van der Waals surface area contributed by atoms with Gasteiger partial charge in [-0.05, 0) is 17.7 Å². The van der Waals surface area contributed by atoms with E-state index in [-0.39, 0.29) is 17.0 Å². The molecule has 0 amide bonds. The van der Waals surface area contributed by atoms with E-state index in [0.29, 0.717) is 22.3 Å². The van der Waals surface area contributed by atoms with Crippen molar-refractivity contribution in [3.05, 3.63) is 87.6 Å². The van der Waals surface area contributed by atoms with Crippen molar-refractivity contribution in [1.29, 1.82) is 0 Å². The van der Waals surface area contributed by atoms with Gasteiger partial charge < -0.3 is 19.6 Å². The summed E-state index contributed by atoms with van der Waals surface area (Å²) < 4.78 is 16.0. The maximum Gasteiger partial charge on any atom is 0.344 e. The third kappa shape index (κ3) is 2.35. The number of fused-ring (bicyclic) bond motifs is 3. The monoisotopic (exact) mass is 349 g/mol. The molecule has 130 valence electrons. The molecule has 3 aromatic rings. The number of esters is 1. The van der Waals surface area contributed by atoms with Gasteiger partial charge in [-0.15, -0.1) is 0 Å². The highest BCUT2D eigenvalue weighted by atomic mass is 16.5. The molecule has 2 aromatic carbocycles. The van der Waals surface area contributed by atoms with E-state index in [9.17, 15) is 9.59 Å². The van der Waals surface area contributed by atoms with Crippen molar-refractivity contribution in [3.8, 4) is 5.75 Å². The number of methoxy groups -OCH3 is 1. The number of ether oxygens (including phenoxy) is 2. The Labute approximate surface area is 148 Å². The Morgan fingerprint density at radius 3 is 2.50 bits per heavy atom. The maximum atomic E-state index is 12.8. The number of nitrogens with two attached hydrogens (primary N) is 1. The number of rotatable bonds is 2. The predicted octanol–water partition coefficient (Wildman–Crippen LogP) is 2.66. The fraction of sp³-hybridized carbons (Fsp3) is 0.100. The van der Waals surface area contributed by atoms with Gasteiger partial charge in [-0.1, -0.05) is 42.5 Å². The lowest BCUT2D eigenvalue weighted by atomic mass is 9.83. The number of para-hydroxylation sites is 1.